The molecule has 0 bridgehead atoms. The molecule has 5 heteroatoms. The van der Waals surface area contributed by atoms with Crippen LogP contribution in [0.4, 0.5) is 0 Å². The Balaban J connectivity index is 1.35. The van der Waals surface area contributed by atoms with Crippen LogP contribution in [0.5, 0.6) is 0 Å². The Morgan fingerprint density at radius 2 is 1.72 bits per heavy atom. The Labute approximate surface area is 178 Å². The maximum absolute atomic E-state index is 12.7. The largest absolute Gasteiger partial charge is 0.355 e. The number of thioether (sulfide) groups is 1. The first-order valence-corrected chi connectivity index (χ1v) is 11.5. The Morgan fingerprint density at radius 3 is 2.41 bits per heavy atom. The first-order chi connectivity index (χ1) is 14.0. The number of carbonyl (C=O) groups is 2. The molecule has 0 unspecified atom stereocenters. The van der Waals surface area contributed by atoms with E-state index in [0.717, 1.165) is 35.5 Å². The lowest BCUT2D eigenvalue weighted by molar-refractivity contribution is -0.126. The Bertz CT molecular complexity index is 827. The van der Waals surface area contributed by atoms with Gasteiger partial charge in [-0.2, -0.15) is 11.8 Å². The van der Waals surface area contributed by atoms with Crippen LogP contribution in [0.3, 0.4) is 0 Å². The molecule has 0 aromatic heterocycles. The van der Waals surface area contributed by atoms with Gasteiger partial charge in [-0.3, -0.25) is 9.59 Å². The predicted octanol–water partition coefficient (Wildman–Crippen LogP) is 4.21. The number of carbonyl (C=O) groups excluding carboxylic acids is 2. The number of piperidine rings is 1. The van der Waals surface area contributed by atoms with Gasteiger partial charge < -0.3 is 10.2 Å². The molecule has 2 amide bonds. The Hall–Kier alpha value is -2.27. The van der Waals surface area contributed by atoms with E-state index in [9.17, 15) is 9.59 Å². The number of rotatable bonds is 7. The topological polar surface area (TPSA) is 49.4 Å². The lowest BCUT2D eigenvalue weighted by Gasteiger charge is -2.31. The van der Waals surface area contributed by atoms with Crippen molar-refractivity contribution in [1.29, 1.82) is 0 Å². The van der Waals surface area contributed by atoms with Gasteiger partial charge in [0.1, 0.15) is 0 Å². The summed E-state index contributed by atoms with van der Waals surface area (Å²) in [6.07, 6.45) is 1.47. The number of likely N-dealkylation sites (tertiary alicyclic amines) is 1. The van der Waals surface area contributed by atoms with Crippen LogP contribution in [0.25, 0.3) is 0 Å². The lowest BCUT2D eigenvalue weighted by Crippen LogP contribution is -2.43. The number of aryl methyl sites for hydroxylation is 2. The summed E-state index contributed by atoms with van der Waals surface area (Å²) in [4.78, 5) is 27.0. The molecule has 29 heavy (non-hydrogen) atoms. The van der Waals surface area contributed by atoms with E-state index < -0.39 is 0 Å². The van der Waals surface area contributed by atoms with Crippen molar-refractivity contribution in [1.82, 2.24) is 10.2 Å². The average molecular weight is 411 g/mol. The third kappa shape index (κ3) is 6.10. The molecule has 1 aliphatic rings. The van der Waals surface area contributed by atoms with Crippen molar-refractivity contribution in [3.8, 4) is 0 Å². The summed E-state index contributed by atoms with van der Waals surface area (Å²) in [5.74, 6) is 2.09. The highest BCUT2D eigenvalue weighted by molar-refractivity contribution is 7.98. The number of hydrogen-bond donors (Lipinski definition) is 1. The standard InChI is InChI=1S/C24H30N2O2S/c1-18-7-9-20(10-8-18)17-29-16-13-25-23(27)21-11-14-26(15-12-21)24(28)22-6-4-3-5-19(22)2/h3-10,21H,11-17H2,1-2H3,(H,25,27). The number of nitrogens with one attached hydrogen (secondary N) is 1. The van der Waals surface area contributed by atoms with Crippen LogP contribution in [-0.2, 0) is 10.5 Å². The monoisotopic (exact) mass is 410 g/mol. The van der Waals surface area contributed by atoms with Gasteiger partial charge in [0.15, 0.2) is 0 Å². The molecule has 0 spiro atoms. The smallest absolute Gasteiger partial charge is 0.254 e. The van der Waals surface area contributed by atoms with Gasteiger partial charge in [0, 0.05) is 42.6 Å². The van der Waals surface area contributed by atoms with Gasteiger partial charge in [-0.25, -0.2) is 0 Å². The highest BCUT2D eigenvalue weighted by Gasteiger charge is 2.28. The van der Waals surface area contributed by atoms with Crippen molar-refractivity contribution in [3.05, 3.63) is 70.8 Å². The first kappa shape index (κ1) is 21.4. The summed E-state index contributed by atoms with van der Waals surface area (Å²) >= 11 is 1.84. The fraction of sp³-hybridized carbons (Fsp3) is 0.417. The highest BCUT2D eigenvalue weighted by atomic mass is 32.2. The second-order valence-electron chi connectivity index (χ2n) is 7.71. The lowest BCUT2D eigenvalue weighted by atomic mass is 9.95. The van der Waals surface area contributed by atoms with Crippen molar-refractivity contribution >= 4 is 23.6 Å². The Kier molecular flexibility index (Phi) is 7.76. The van der Waals surface area contributed by atoms with Gasteiger partial charge in [-0.15, -0.1) is 0 Å². The molecule has 154 valence electrons. The summed E-state index contributed by atoms with van der Waals surface area (Å²) < 4.78 is 0. The van der Waals surface area contributed by atoms with E-state index in [0.29, 0.717) is 19.6 Å². The Morgan fingerprint density at radius 1 is 1.03 bits per heavy atom. The number of amides is 2. The molecular formula is C24H30N2O2S. The van der Waals surface area contributed by atoms with E-state index in [-0.39, 0.29) is 17.7 Å². The second-order valence-corrected chi connectivity index (χ2v) is 8.82. The molecular weight excluding hydrogens is 380 g/mol. The van der Waals surface area contributed by atoms with Crippen LogP contribution < -0.4 is 5.32 Å². The second kappa shape index (κ2) is 10.5. The van der Waals surface area contributed by atoms with Gasteiger partial charge in [-0.05, 0) is 43.9 Å². The summed E-state index contributed by atoms with van der Waals surface area (Å²) in [5, 5.41) is 3.07. The zero-order valence-electron chi connectivity index (χ0n) is 17.3. The summed E-state index contributed by atoms with van der Waals surface area (Å²) in [5.41, 5.74) is 4.36. The molecule has 1 aliphatic heterocycles. The molecule has 2 aromatic rings. The molecule has 1 fully saturated rings. The van der Waals surface area contributed by atoms with Crippen molar-refractivity contribution < 1.29 is 9.59 Å². The van der Waals surface area contributed by atoms with Gasteiger partial charge >= 0.3 is 0 Å². The van der Waals surface area contributed by atoms with Crippen LogP contribution >= 0.6 is 11.8 Å². The van der Waals surface area contributed by atoms with Crippen molar-refractivity contribution in [3.63, 3.8) is 0 Å². The number of benzene rings is 2. The minimum atomic E-state index is 0.0121. The van der Waals surface area contributed by atoms with E-state index in [1.807, 2.05) is 47.9 Å². The summed E-state index contributed by atoms with van der Waals surface area (Å²) in [6, 6.07) is 16.3. The molecule has 2 aromatic carbocycles. The minimum absolute atomic E-state index is 0.0121. The third-order valence-corrected chi connectivity index (χ3v) is 6.49. The van der Waals surface area contributed by atoms with Gasteiger partial charge in [0.2, 0.25) is 5.91 Å². The average Bonchev–Trinajstić information content (AvgIpc) is 2.74. The molecule has 0 radical (unpaired) electrons. The summed E-state index contributed by atoms with van der Waals surface area (Å²) in [7, 11) is 0. The predicted molar refractivity (Wildman–Crippen MR) is 120 cm³/mol. The van der Waals surface area contributed by atoms with E-state index in [2.05, 4.69) is 36.5 Å². The zero-order valence-corrected chi connectivity index (χ0v) is 18.1. The van der Waals surface area contributed by atoms with Crippen molar-refractivity contribution in [2.24, 2.45) is 5.92 Å². The third-order valence-electron chi connectivity index (χ3n) is 5.46. The van der Waals surface area contributed by atoms with E-state index in [1.54, 1.807) is 0 Å². The first-order valence-electron chi connectivity index (χ1n) is 10.3. The van der Waals surface area contributed by atoms with E-state index >= 15 is 0 Å². The number of hydrogen-bond acceptors (Lipinski definition) is 3. The maximum atomic E-state index is 12.7. The zero-order chi connectivity index (χ0) is 20.6. The van der Waals surface area contributed by atoms with Crippen molar-refractivity contribution in [2.75, 3.05) is 25.4 Å². The van der Waals surface area contributed by atoms with Crippen molar-refractivity contribution in [2.45, 2.75) is 32.4 Å². The van der Waals surface area contributed by atoms with Crippen LogP contribution in [0.1, 0.15) is 39.9 Å². The van der Waals surface area contributed by atoms with Gasteiger partial charge in [0.05, 0.1) is 0 Å². The minimum Gasteiger partial charge on any atom is -0.355 e. The van der Waals surface area contributed by atoms with E-state index in [4.69, 9.17) is 0 Å². The highest BCUT2D eigenvalue weighted by Crippen LogP contribution is 2.20. The van der Waals surface area contributed by atoms with Crippen LogP contribution in [0, 0.1) is 19.8 Å². The molecule has 1 saturated heterocycles. The van der Waals surface area contributed by atoms with Gasteiger partial charge in [-0.1, -0.05) is 48.0 Å². The summed E-state index contributed by atoms with van der Waals surface area (Å²) in [6.45, 7) is 6.04. The molecule has 3 rings (SSSR count). The SMILES string of the molecule is Cc1ccc(CSCCNC(=O)C2CCN(C(=O)c3ccccc3C)CC2)cc1. The van der Waals surface area contributed by atoms with Crippen LogP contribution in [0.15, 0.2) is 48.5 Å². The van der Waals surface area contributed by atoms with Crippen LogP contribution in [-0.4, -0.2) is 42.1 Å². The molecule has 4 nitrogen and oxygen atoms in total. The molecule has 0 saturated carbocycles. The van der Waals surface area contributed by atoms with Gasteiger partial charge in [0.25, 0.3) is 5.91 Å². The quantitative estimate of drug-likeness (QED) is 0.696. The number of nitrogens with zero attached hydrogens (tertiary/aromatic N) is 1. The molecule has 0 aliphatic carbocycles. The van der Waals surface area contributed by atoms with Crippen LogP contribution in [0.2, 0.25) is 0 Å². The maximum Gasteiger partial charge on any atom is 0.254 e. The normalized spacial score (nSPS) is 14.6. The fourth-order valence-electron chi connectivity index (χ4n) is 3.59. The fourth-order valence-corrected chi connectivity index (χ4v) is 4.41. The molecule has 1 heterocycles. The van der Waals surface area contributed by atoms with E-state index in [1.165, 1.54) is 11.1 Å². The molecule has 0 atom stereocenters. The molecule has 1 N–H and O–H groups in total.